The standard InChI is InChI=1S/C13H20FNS/c1-10(9-15-13(2,3)4)16-12-7-5-6-11(14)8-12/h5-8,10,15H,9H2,1-4H3. The van der Waals surface area contributed by atoms with Crippen LogP contribution in [0.5, 0.6) is 0 Å². The van der Waals surface area contributed by atoms with Crippen molar-refractivity contribution in [3.63, 3.8) is 0 Å². The molecule has 0 radical (unpaired) electrons. The van der Waals surface area contributed by atoms with Crippen LogP contribution in [0.3, 0.4) is 0 Å². The van der Waals surface area contributed by atoms with Crippen LogP contribution in [0.25, 0.3) is 0 Å². The zero-order chi connectivity index (χ0) is 12.2. The molecule has 0 aromatic heterocycles. The molecule has 0 aliphatic heterocycles. The van der Waals surface area contributed by atoms with E-state index in [9.17, 15) is 4.39 Å². The van der Waals surface area contributed by atoms with E-state index < -0.39 is 0 Å². The first-order valence-corrected chi connectivity index (χ1v) is 6.42. The lowest BCUT2D eigenvalue weighted by molar-refractivity contribution is 0.429. The van der Waals surface area contributed by atoms with Crippen molar-refractivity contribution in [2.45, 2.75) is 43.4 Å². The summed E-state index contributed by atoms with van der Waals surface area (Å²) in [4.78, 5) is 0.989. The summed E-state index contributed by atoms with van der Waals surface area (Å²) >= 11 is 1.70. The average molecular weight is 241 g/mol. The minimum atomic E-state index is -0.166. The van der Waals surface area contributed by atoms with Gasteiger partial charge in [0.25, 0.3) is 0 Å². The number of thioether (sulfide) groups is 1. The Morgan fingerprint density at radius 1 is 1.38 bits per heavy atom. The monoisotopic (exact) mass is 241 g/mol. The second kappa shape index (κ2) is 5.69. The SMILES string of the molecule is CC(CNC(C)(C)C)Sc1cccc(F)c1. The third kappa shape index (κ3) is 5.52. The molecule has 1 atom stereocenters. The van der Waals surface area contributed by atoms with Crippen molar-refractivity contribution in [2.75, 3.05) is 6.54 Å². The normalized spacial score (nSPS) is 13.8. The van der Waals surface area contributed by atoms with Crippen LogP contribution < -0.4 is 5.32 Å². The molecule has 1 aromatic carbocycles. The summed E-state index contributed by atoms with van der Waals surface area (Å²) in [6.45, 7) is 9.50. The van der Waals surface area contributed by atoms with E-state index >= 15 is 0 Å². The van der Waals surface area contributed by atoms with E-state index in [2.05, 4.69) is 33.0 Å². The fraction of sp³-hybridized carbons (Fsp3) is 0.538. The Labute approximate surface area is 102 Å². The number of hydrogen-bond donors (Lipinski definition) is 1. The minimum Gasteiger partial charge on any atom is -0.311 e. The summed E-state index contributed by atoms with van der Waals surface area (Å²) in [6, 6.07) is 6.75. The summed E-state index contributed by atoms with van der Waals surface area (Å²) in [5, 5.41) is 3.87. The number of benzene rings is 1. The second-order valence-corrected chi connectivity index (χ2v) is 6.53. The Kier molecular flexibility index (Phi) is 4.81. The van der Waals surface area contributed by atoms with Gasteiger partial charge < -0.3 is 5.32 Å². The van der Waals surface area contributed by atoms with E-state index in [0.717, 1.165) is 11.4 Å². The summed E-state index contributed by atoms with van der Waals surface area (Å²) in [7, 11) is 0. The molecule has 3 heteroatoms. The molecule has 1 nitrogen and oxygen atoms in total. The van der Waals surface area contributed by atoms with Crippen LogP contribution in [0, 0.1) is 5.82 Å². The van der Waals surface area contributed by atoms with Crippen LogP contribution in [-0.4, -0.2) is 17.3 Å². The first-order chi connectivity index (χ1) is 7.37. The zero-order valence-electron chi connectivity index (χ0n) is 10.4. The lowest BCUT2D eigenvalue weighted by atomic mass is 10.1. The van der Waals surface area contributed by atoms with E-state index in [-0.39, 0.29) is 11.4 Å². The minimum absolute atomic E-state index is 0.136. The zero-order valence-corrected chi connectivity index (χ0v) is 11.2. The molecule has 0 spiro atoms. The summed E-state index contributed by atoms with van der Waals surface area (Å²) in [6.07, 6.45) is 0. The Bertz CT molecular complexity index is 333. The van der Waals surface area contributed by atoms with Crippen molar-refractivity contribution in [3.8, 4) is 0 Å². The Morgan fingerprint density at radius 3 is 2.62 bits per heavy atom. The van der Waals surface area contributed by atoms with Gasteiger partial charge in [0, 0.05) is 22.2 Å². The van der Waals surface area contributed by atoms with Crippen molar-refractivity contribution in [3.05, 3.63) is 30.1 Å². The van der Waals surface area contributed by atoms with Crippen molar-refractivity contribution < 1.29 is 4.39 Å². The lowest BCUT2D eigenvalue weighted by Crippen LogP contribution is -2.39. The Balaban J connectivity index is 2.43. The molecule has 0 amide bonds. The quantitative estimate of drug-likeness (QED) is 0.807. The van der Waals surface area contributed by atoms with Crippen LogP contribution in [-0.2, 0) is 0 Å². The smallest absolute Gasteiger partial charge is 0.124 e. The Hall–Kier alpha value is -0.540. The summed E-state index contributed by atoms with van der Waals surface area (Å²) in [5.74, 6) is -0.166. The fourth-order valence-corrected chi connectivity index (χ4v) is 2.23. The number of rotatable bonds is 4. The van der Waals surface area contributed by atoms with Crippen molar-refractivity contribution in [1.82, 2.24) is 5.32 Å². The van der Waals surface area contributed by atoms with E-state index in [1.165, 1.54) is 6.07 Å². The fourth-order valence-electron chi connectivity index (χ4n) is 1.26. The van der Waals surface area contributed by atoms with Crippen LogP contribution in [0.1, 0.15) is 27.7 Å². The van der Waals surface area contributed by atoms with E-state index in [0.29, 0.717) is 5.25 Å². The van der Waals surface area contributed by atoms with Gasteiger partial charge in [-0.05, 0) is 39.0 Å². The third-order valence-electron chi connectivity index (χ3n) is 2.05. The van der Waals surface area contributed by atoms with Crippen molar-refractivity contribution in [1.29, 1.82) is 0 Å². The van der Waals surface area contributed by atoms with Crippen molar-refractivity contribution >= 4 is 11.8 Å². The van der Waals surface area contributed by atoms with Crippen LogP contribution in [0.2, 0.25) is 0 Å². The van der Waals surface area contributed by atoms with Gasteiger partial charge in [-0.1, -0.05) is 13.0 Å². The summed E-state index contributed by atoms with van der Waals surface area (Å²) in [5.41, 5.74) is 0.136. The van der Waals surface area contributed by atoms with Gasteiger partial charge in [-0.2, -0.15) is 0 Å². The van der Waals surface area contributed by atoms with Crippen LogP contribution >= 0.6 is 11.8 Å². The number of halogens is 1. The highest BCUT2D eigenvalue weighted by atomic mass is 32.2. The predicted molar refractivity (Wildman–Crippen MR) is 69.5 cm³/mol. The predicted octanol–water partition coefficient (Wildman–Crippen LogP) is 3.69. The van der Waals surface area contributed by atoms with Gasteiger partial charge in [0.2, 0.25) is 0 Å². The van der Waals surface area contributed by atoms with Gasteiger partial charge in [0.15, 0.2) is 0 Å². The molecule has 90 valence electrons. The molecule has 0 fully saturated rings. The average Bonchev–Trinajstić information content (AvgIpc) is 2.14. The summed E-state index contributed by atoms with van der Waals surface area (Å²) < 4.78 is 13.0. The van der Waals surface area contributed by atoms with E-state index in [1.54, 1.807) is 23.9 Å². The van der Waals surface area contributed by atoms with Crippen molar-refractivity contribution in [2.24, 2.45) is 0 Å². The second-order valence-electron chi connectivity index (χ2n) is 5.02. The molecule has 0 saturated carbocycles. The third-order valence-corrected chi connectivity index (χ3v) is 3.15. The maximum Gasteiger partial charge on any atom is 0.124 e. The maximum absolute atomic E-state index is 13.0. The van der Waals surface area contributed by atoms with Gasteiger partial charge >= 0.3 is 0 Å². The highest BCUT2D eigenvalue weighted by Gasteiger charge is 2.11. The molecule has 0 saturated heterocycles. The van der Waals surface area contributed by atoms with E-state index in [1.807, 2.05) is 6.07 Å². The highest BCUT2D eigenvalue weighted by Crippen LogP contribution is 2.23. The molecular formula is C13H20FNS. The first kappa shape index (κ1) is 13.5. The molecule has 0 bridgehead atoms. The van der Waals surface area contributed by atoms with Crippen LogP contribution in [0.4, 0.5) is 4.39 Å². The molecule has 16 heavy (non-hydrogen) atoms. The van der Waals surface area contributed by atoms with Crippen LogP contribution in [0.15, 0.2) is 29.2 Å². The molecular weight excluding hydrogens is 221 g/mol. The molecule has 0 heterocycles. The highest BCUT2D eigenvalue weighted by molar-refractivity contribution is 8.00. The van der Waals surface area contributed by atoms with Gasteiger partial charge in [0.05, 0.1) is 0 Å². The molecule has 1 N–H and O–H groups in total. The lowest BCUT2D eigenvalue weighted by Gasteiger charge is -2.23. The molecule has 0 aliphatic rings. The number of nitrogens with one attached hydrogen (secondary N) is 1. The van der Waals surface area contributed by atoms with Gasteiger partial charge in [-0.3, -0.25) is 0 Å². The van der Waals surface area contributed by atoms with Gasteiger partial charge in [-0.25, -0.2) is 4.39 Å². The Morgan fingerprint density at radius 2 is 2.06 bits per heavy atom. The van der Waals surface area contributed by atoms with Gasteiger partial charge in [0.1, 0.15) is 5.82 Å². The largest absolute Gasteiger partial charge is 0.311 e. The molecule has 1 unspecified atom stereocenters. The molecule has 0 aliphatic carbocycles. The first-order valence-electron chi connectivity index (χ1n) is 5.54. The van der Waals surface area contributed by atoms with E-state index in [4.69, 9.17) is 0 Å². The topological polar surface area (TPSA) is 12.0 Å². The molecule has 1 rings (SSSR count). The molecule has 1 aromatic rings. The number of hydrogen-bond acceptors (Lipinski definition) is 2. The maximum atomic E-state index is 13.0. The van der Waals surface area contributed by atoms with Gasteiger partial charge in [-0.15, -0.1) is 11.8 Å².